The van der Waals surface area contributed by atoms with Crippen molar-refractivity contribution in [1.82, 2.24) is 0 Å². The smallest absolute Gasteiger partial charge is 0.122 e. The summed E-state index contributed by atoms with van der Waals surface area (Å²) in [6.45, 7) is 9.39. The fourth-order valence-electron chi connectivity index (χ4n) is 8.47. The molecule has 0 aromatic heterocycles. The highest BCUT2D eigenvalue weighted by Gasteiger charge is 2.39. The lowest BCUT2D eigenvalue weighted by Gasteiger charge is -2.29. The van der Waals surface area contributed by atoms with Crippen LogP contribution in [0.3, 0.4) is 0 Å². The molecule has 0 unspecified atom stereocenters. The molecule has 4 aliphatic carbocycles. The average molecular weight is 473 g/mol. The zero-order chi connectivity index (χ0) is 24.5. The Labute approximate surface area is 212 Å². The largest absolute Gasteiger partial charge is 0.507 e. The number of benzene rings is 2. The molecule has 0 spiro atoms. The summed E-state index contributed by atoms with van der Waals surface area (Å²) in [5, 5.41) is 23.8. The Bertz CT molecular complexity index is 1070. The Morgan fingerprint density at radius 2 is 1.03 bits per heavy atom. The summed E-state index contributed by atoms with van der Waals surface area (Å²) in [5.74, 6) is 2.06. The van der Waals surface area contributed by atoms with Crippen LogP contribution in [-0.2, 0) is 30.1 Å². The van der Waals surface area contributed by atoms with Crippen molar-refractivity contribution in [3.05, 3.63) is 56.6 Å². The quantitative estimate of drug-likeness (QED) is 0.468. The van der Waals surface area contributed by atoms with Gasteiger partial charge in [-0.05, 0) is 107 Å². The van der Waals surface area contributed by atoms with Gasteiger partial charge >= 0.3 is 0 Å². The second-order valence-electron chi connectivity index (χ2n) is 13.6. The molecule has 2 heteroatoms. The Morgan fingerprint density at radius 3 is 1.40 bits per heavy atom. The Morgan fingerprint density at radius 1 is 0.657 bits per heavy atom. The van der Waals surface area contributed by atoms with Gasteiger partial charge in [0, 0.05) is 17.5 Å². The van der Waals surface area contributed by atoms with Gasteiger partial charge in [0.15, 0.2) is 0 Å². The Hall–Kier alpha value is -1.96. The van der Waals surface area contributed by atoms with E-state index in [4.69, 9.17) is 0 Å². The van der Waals surface area contributed by atoms with Crippen molar-refractivity contribution in [2.45, 2.75) is 134 Å². The standard InChI is InChI=1S/C33H44O2/c1-32(2)15-13-22-17-24(20-9-5-6-10-20)30(34)26(28(22)32)19-27-29-23(14-16-33(29,3)4)18-25(31(27)35)21-11-7-8-12-21/h17-18,20-21,34-35H,5-16,19H2,1-4H3. The van der Waals surface area contributed by atoms with Crippen molar-refractivity contribution < 1.29 is 10.2 Å². The van der Waals surface area contributed by atoms with E-state index in [-0.39, 0.29) is 10.8 Å². The number of aryl methyl sites for hydroxylation is 2. The first-order valence-corrected chi connectivity index (χ1v) is 14.4. The van der Waals surface area contributed by atoms with E-state index < -0.39 is 0 Å². The van der Waals surface area contributed by atoms with Gasteiger partial charge in [0.2, 0.25) is 0 Å². The number of rotatable bonds is 4. The Balaban J connectivity index is 1.55. The van der Waals surface area contributed by atoms with Crippen molar-refractivity contribution in [2.75, 3.05) is 0 Å². The molecule has 2 aromatic rings. The molecule has 35 heavy (non-hydrogen) atoms. The summed E-state index contributed by atoms with van der Waals surface area (Å²) < 4.78 is 0. The van der Waals surface area contributed by atoms with Gasteiger partial charge < -0.3 is 10.2 Å². The second-order valence-corrected chi connectivity index (χ2v) is 13.6. The molecule has 0 atom stereocenters. The van der Waals surface area contributed by atoms with Gasteiger partial charge in [0.05, 0.1) is 0 Å². The first-order valence-electron chi connectivity index (χ1n) is 14.4. The number of aromatic hydroxyl groups is 2. The lowest BCUT2D eigenvalue weighted by molar-refractivity contribution is 0.440. The number of hydrogen-bond donors (Lipinski definition) is 2. The van der Waals surface area contributed by atoms with Gasteiger partial charge in [0.25, 0.3) is 0 Å². The maximum absolute atomic E-state index is 11.9. The summed E-state index contributed by atoms with van der Waals surface area (Å²) in [6.07, 6.45) is 15.0. The summed E-state index contributed by atoms with van der Waals surface area (Å²) in [6, 6.07) is 4.73. The predicted octanol–water partition coefficient (Wildman–Crippen LogP) is 8.45. The average Bonchev–Trinajstić information content (AvgIpc) is 3.60. The zero-order valence-electron chi connectivity index (χ0n) is 22.4. The van der Waals surface area contributed by atoms with Crippen LogP contribution in [0.15, 0.2) is 12.1 Å². The molecule has 0 bridgehead atoms. The van der Waals surface area contributed by atoms with E-state index in [9.17, 15) is 10.2 Å². The van der Waals surface area contributed by atoms with Crippen LogP contribution in [0, 0.1) is 0 Å². The van der Waals surface area contributed by atoms with Crippen LogP contribution in [-0.4, -0.2) is 10.2 Å². The van der Waals surface area contributed by atoms with Crippen LogP contribution in [0.5, 0.6) is 11.5 Å². The molecule has 0 aliphatic heterocycles. The highest BCUT2D eigenvalue weighted by Crippen LogP contribution is 2.53. The molecule has 2 saturated carbocycles. The lowest BCUT2D eigenvalue weighted by Crippen LogP contribution is -2.19. The van der Waals surface area contributed by atoms with Crippen molar-refractivity contribution >= 4 is 0 Å². The Kier molecular flexibility index (Phi) is 5.55. The van der Waals surface area contributed by atoms with Crippen LogP contribution in [0.4, 0.5) is 0 Å². The third kappa shape index (κ3) is 3.73. The highest BCUT2D eigenvalue weighted by molar-refractivity contribution is 5.62. The molecule has 0 amide bonds. The zero-order valence-corrected chi connectivity index (χ0v) is 22.4. The molecular weight excluding hydrogens is 428 g/mol. The first-order chi connectivity index (χ1) is 16.7. The summed E-state index contributed by atoms with van der Waals surface area (Å²) >= 11 is 0. The second kappa shape index (κ2) is 8.29. The number of fused-ring (bicyclic) bond motifs is 2. The fourth-order valence-corrected chi connectivity index (χ4v) is 8.47. The third-order valence-corrected chi connectivity index (χ3v) is 10.4. The SMILES string of the molecule is CC1(C)CCc2cc(C3CCCC3)c(O)c(Cc3c(O)c(C4CCCC4)cc4c3C(C)(C)CC4)c21. The van der Waals surface area contributed by atoms with E-state index in [0.717, 1.165) is 36.8 Å². The van der Waals surface area contributed by atoms with E-state index >= 15 is 0 Å². The fraction of sp³-hybridized carbons (Fsp3) is 0.636. The van der Waals surface area contributed by atoms with Crippen LogP contribution in [0.1, 0.15) is 148 Å². The molecular formula is C33H44O2. The summed E-state index contributed by atoms with van der Waals surface area (Å²) in [5.41, 5.74) is 10.4. The predicted molar refractivity (Wildman–Crippen MR) is 144 cm³/mol. The molecule has 2 N–H and O–H groups in total. The van der Waals surface area contributed by atoms with E-state index in [2.05, 4.69) is 39.8 Å². The lowest BCUT2D eigenvalue weighted by atomic mass is 9.76. The molecule has 2 fully saturated rings. The topological polar surface area (TPSA) is 40.5 Å². The van der Waals surface area contributed by atoms with Crippen molar-refractivity contribution in [1.29, 1.82) is 0 Å². The van der Waals surface area contributed by atoms with Crippen LogP contribution >= 0.6 is 0 Å². The summed E-state index contributed by atoms with van der Waals surface area (Å²) in [4.78, 5) is 0. The first kappa shape index (κ1) is 23.4. The minimum atomic E-state index is 0.0632. The maximum Gasteiger partial charge on any atom is 0.122 e. The maximum atomic E-state index is 11.9. The molecule has 2 nitrogen and oxygen atoms in total. The van der Waals surface area contributed by atoms with Crippen LogP contribution < -0.4 is 0 Å². The van der Waals surface area contributed by atoms with Crippen molar-refractivity contribution in [3.8, 4) is 11.5 Å². The number of phenols is 2. The molecule has 0 radical (unpaired) electrons. The van der Waals surface area contributed by atoms with E-state index in [1.165, 1.54) is 84.7 Å². The number of phenolic OH excluding ortho intramolecular Hbond substituents is 2. The molecule has 4 aliphatic rings. The monoisotopic (exact) mass is 472 g/mol. The molecule has 0 heterocycles. The normalized spacial score (nSPS) is 23.2. The van der Waals surface area contributed by atoms with Gasteiger partial charge in [-0.15, -0.1) is 0 Å². The van der Waals surface area contributed by atoms with Crippen LogP contribution in [0.25, 0.3) is 0 Å². The highest BCUT2D eigenvalue weighted by atomic mass is 16.3. The molecule has 6 rings (SSSR count). The number of hydrogen-bond acceptors (Lipinski definition) is 2. The molecule has 2 aromatic carbocycles. The van der Waals surface area contributed by atoms with Gasteiger partial charge in [0.1, 0.15) is 11.5 Å². The van der Waals surface area contributed by atoms with Crippen LogP contribution in [0.2, 0.25) is 0 Å². The van der Waals surface area contributed by atoms with Crippen molar-refractivity contribution in [3.63, 3.8) is 0 Å². The molecule has 188 valence electrons. The summed E-state index contributed by atoms with van der Waals surface area (Å²) in [7, 11) is 0. The van der Waals surface area contributed by atoms with Gasteiger partial charge in [-0.3, -0.25) is 0 Å². The van der Waals surface area contributed by atoms with E-state index in [0.29, 0.717) is 29.8 Å². The molecule has 0 saturated heterocycles. The van der Waals surface area contributed by atoms with Crippen molar-refractivity contribution in [2.24, 2.45) is 0 Å². The minimum absolute atomic E-state index is 0.0632. The van der Waals surface area contributed by atoms with Gasteiger partial charge in [-0.25, -0.2) is 0 Å². The van der Waals surface area contributed by atoms with Gasteiger partial charge in [-0.1, -0.05) is 65.5 Å². The van der Waals surface area contributed by atoms with Gasteiger partial charge in [-0.2, -0.15) is 0 Å². The van der Waals surface area contributed by atoms with E-state index in [1.807, 2.05) is 0 Å². The van der Waals surface area contributed by atoms with E-state index in [1.54, 1.807) is 0 Å². The minimum Gasteiger partial charge on any atom is -0.507 e. The third-order valence-electron chi connectivity index (χ3n) is 10.4.